The molecule has 1 unspecified atom stereocenters. The zero-order valence-electron chi connectivity index (χ0n) is 91.2. The van der Waals surface area contributed by atoms with E-state index in [1.165, 1.54) is 0 Å². The fourth-order valence-corrected chi connectivity index (χ4v) is 4.84. The van der Waals surface area contributed by atoms with Crippen LogP contribution in [0.4, 0.5) is 0 Å². The monoisotopic (exact) mass is 953 g/mol. The highest BCUT2D eigenvalue weighted by molar-refractivity contribution is 7.47. The number of phosphoric ester groups is 2. The van der Waals surface area contributed by atoms with Crippen molar-refractivity contribution in [2.45, 2.75) is 235 Å². The Balaban J connectivity index is 4.43. The minimum absolute atomic E-state index is 2.44. The summed E-state index contributed by atoms with van der Waals surface area (Å²) < 4.78 is 557. The summed E-state index contributed by atoms with van der Waals surface area (Å²) in [6.45, 7) is -13.6. The highest BCUT2D eigenvalue weighted by atomic mass is 31.2. The number of phosphoric acid groups is 2. The van der Waals surface area contributed by atoms with E-state index in [-0.39, 0.29) is 0 Å². The van der Waals surface area contributed by atoms with E-state index >= 15 is 0 Å². The third-order valence-corrected chi connectivity index (χ3v) is 6.99. The molecule has 1 fully saturated rings. The van der Waals surface area contributed by atoms with E-state index in [0.29, 0.717) is 0 Å². The number of aliphatic hydroxyl groups excluding tert-OH is 4. The molecule has 1 aliphatic rings. The molecule has 350 valence electrons. The fourth-order valence-electron chi connectivity index (χ4n) is 3.30. The summed E-state index contributed by atoms with van der Waals surface area (Å²) in [7, 11) is -12.6. The van der Waals surface area contributed by atoms with E-state index in [2.05, 4.69) is 23.0 Å². The normalized spacial score (nSPS) is 45.3. The van der Waals surface area contributed by atoms with Gasteiger partial charge in [0.05, 0.1) is 6.61 Å². The molecular weight excluding hydrogens is 810 g/mol. The quantitative estimate of drug-likeness (QED) is 0.0230. The zero-order chi connectivity index (χ0) is 99.1. The van der Waals surface area contributed by atoms with Crippen LogP contribution < -0.4 is 0 Å². The minimum atomic E-state index is -6.63. The molecule has 0 radical (unpaired) electrons. The van der Waals surface area contributed by atoms with Crippen LogP contribution in [-0.4, -0.2) is 103 Å². The maximum absolute atomic E-state index is 14.1. The predicted molar refractivity (Wildman–Crippen MR) is 223 cm³/mol. The smallest absolute Gasteiger partial charge is 0.462 e. The molecule has 0 saturated heterocycles. The van der Waals surface area contributed by atoms with Crippen LogP contribution in [0.5, 0.6) is 0 Å². The standard InChI is InChI=1S/C41H80O16P2/c1-3-5-7-9-11-13-15-17-19-21-23-25-27-29-34(42)53-31-33(55-35(43)30-28-26-24-22-20-18-16-14-12-10-8-6-4-2)32-54-59(51,52)57-41-38(46)36(44)37(45)40(39(41)47)56-58(48,49)50/h33,36-41,44-47H,3-32H2,1-2H3,(H,51,52)(H2,48,49,50)/t33-,36+,37+,38-,39-,40-,41+/m1/s1/i1D3,2D3,3D2,4D2,5D2,6D2,7D2,8D2,9D2,10D2,11D2,12D2,13D2,14D2,15D2,16D2,17D2,18D2,19D2,20D2,21D2,22D2,23D2,24D2,25D2,26D2,27D2,28D2,29D2,30D2. The first-order chi connectivity index (χ1) is 51.5. The zero-order valence-corrected chi connectivity index (χ0v) is 30.9. The van der Waals surface area contributed by atoms with E-state index in [1.807, 2.05) is 0 Å². The van der Waals surface area contributed by atoms with Crippen LogP contribution in [0.1, 0.15) is 277 Å². The largest absolute Gasteiger partial charge is 0.472 e. The number of carbonyl (C=O) groups excluding carboxylic acids is 2. The number of carbonyl (C=O) groups is 2. The van der Waals surface area contributed by atoms with Gasteiger partial charge in [0.15, 0.2) is 6.10 Å². The summed E-state index contributed by atoms with van der Waals surface area (Å²) in [6.07, 6.45) is -172. The molecule has 0 aliphatic heterocycles. The van der Waals surface area contributed by atoms with Crippen LogP contribution in [-0.2, 0) is 41.8 Å². The molecule has 7 N–H and O–H groups in total. The van der Waals surface area contributed by atoms with Crippen LogP contribution in [0.2, 0.25) is 0 Å². The van der Waals surface area contributed by atoms with E-state index in [0.717, 1.165) is 0 Å². The van der Waals surface area contributed by atoms with Crippen molar-refractivity contribution >= 4 is 27.6 Å². The Morgan fingerprint density at radius 2 is 0.898 bits per heavy atom. The van der Waals surface area contributed by atoms with Crippen molar-refractivity contribution in [1.82, 2.24) is 0 Å². The molecule has 1 aliphatic carbocycles. The summed E-state index contributed by atoms with van der Waals surface area (Å²) in [5.74, 6) is -6.56. The second-order valence-electron chi connectivity index (χ2n) is 9.48. The molecule has 0 heterocycles. The molecule has 0 aromatic rings. The molecule has 0 aromatic heterocycles. The number of rotatable bonds is 38. The van der Waals surface area contributed by atoms with Gasteiger partial charge in [-0.15, -0.1) is 0 Å². The minimum Gasteiger partial charge on any atom is -0.462 e. The van der Waals surface area contributed by atoms with Crippen LogP contribution in [0, 0.1) is 0 Å². The van der Waals surface area contributed by atoms with Gasteiger partial charge < -0.3 is 44.6 Å². The van der Waals surface area contributed by atoms with Gasteiger partial charge in [-0.05, 0) is 12.7 Å². The summed E-state index contributed by atoms with van der Waals surface area (Å²) in [5.41, 5.74) is 0. The molecule has 59 heavy (non-hydrogen) atoms. The average Bonchev–Trinajstić information content (AvgIpc) is 0.671. The number of hydrogen-bond donors (Lipinski definition) is 7. The molecule has 18 heteroatoms. The van der Waals surface area contributed by atoms with Gasteiger partial charge >= 0.3 is 27.6 Å². The lowest BCUT2D eigenvalue weighted by Crippen LogP contribution is -2.64. The van der Waals surface area contributed by atoms with Crippen LogP contribution in [0.15, 0.2) is 0 Å². The van der Waals surface area contributed by atoms with Gasteiger partial charge in [-0.1, -0.05) is 167 Å². The summed E-state index contributed by atoms with van der Waals surface area (Å²) in [4.78, 5) is 57.4. The molecule has 1 saturated carbocycles. The highest BCUT2D eigenvalue weighted by Crippen LogP contribution is 2.49. The van der Waals surface area contributed by atoms with Crippen molar-refractivity contribution in [2.75, 3.05) is 13.2 Å². The van der Waals surface area contributed by atoms with Gasteiger partial charge in [0.1, 0.15) is 43.2 Å². The van der Waals surface area contributed by atoms with E-state index < -0.39 is 276 Å². The second kappa shape index (κ2) is 33.5. The van der Waals surface area contributed by atoms with Crippen LogP contribution in [0.3, 0.4) is 0 Å². The van der Waals surface area contributed by atoms with Gasteiger partial charge in [-0.3, -0.25) is 23.2 Å². The van der Waals surface area contributed by atoms with Crippen LogP contribution >= 0.6 is 15.6 Å². The first-order valence-corrected chi connectivity index (χ1v) is 18.0. The number of aliphatic hydroxyl groups is 4. The Bertz CT molecular complexity index is 3820. The van der Waals surface area contributed by atoms with Gasteiger partial charge in [-0.25, -0.2) is 9.13 Å². The van der Waals surface area contributed by atoms with E-state index in [9.17, 15) is 53.8 Å². The lowest BCUT2D eigenvalue weighted by Gasteiger charge is -2.43. The van der Waals surface area contributed by atoms with Crippen LogP contribution in [0.25, 0.3) is 0 Å². The van der Waals surface area contributed by atoms with Crippen molar-refractivity contribution in [3.63, 3.8) is 0 Å². The third kappa shape index (κ3) is 28.3. The Kier molecular flexibility index (Phi) is 7.44. The molecule has 0 aromatic carbocycles. The highest BCUT2D eigenvalue weighted by Gasteiger charge is 2.54. The average molecular weight is 953 g/mol. The Morgan fingerprint density at radius 1 is 0.525 bits per heavy atom. The maximum Gasteiger partial charge on any atom is 0.472 e. The fraction of sp³-hybridized carbons (Fsp3) is 0.951. The van der Waals surface area contributed by atoms with Crippen molar-refractivity contribution in [3.8, 4) is 0 Å². The van der Waals surface area contributed by atoms with Crippen molar-refractivity contribution < 1.29 is 162 Å². The van der Waals surface area contributed by atoms with E-state index in [4.69, 9.17) is 85.0 Å². The molecular formula is C41H80O16P2. The van der Waals surface area contributed by atoms with Crippen molar-refractivity contribution in [3.05, 3.63) is 0 Å². The molecule has 0 bridgehead atoms. The molecule has 16 nitrogen and oxygen atoms in total. The SMILES string of the molecule is [2H]C([2H])([2H])C([2H])([2H])C([2H])([2H])C([2H])([2H])C([2H])([2H])C([2H])([2H])C([2H])([2H])C([2H])([2H])C([2H])([2H])C([2H])([2H])C([2H])([2H])C([2H])([2H])C([2H])([2H])C([2H])([2H])C([2H])([2H])C(=O)OC[C@H](COP(=O)(O)O[C@@H]1[C@H](O)[C@H](OP(=O)(O)O)[C@@H](O)[C@H](O)[C@H]1O)OC(=O)C([2H])([2H])C([2H])([2H])C([2H])([2H])C([2H])([2H])C([2H])([2H])C([2H])([2H])C([2H])([2H])C([2H])([2H])C([2H])([2H])C([2H])([2H])C([2H])([2H])C([2H])([2H])C([2H])([2H])C([2H])([2H])C([2H])([2H])[2H]. The lowest BCUT2D eigenvalue weighted by atomic mass is 9.85. The number of esters is 2. The molecule has 8 atom stereocenters. The lowest BCUT2D eigenvalue weighted by molar-refractivity contribution is -0.216. The Labute approximate surface area is 440 Å². The first kappa shape index (κ1) is 13.1. The second-order valence-corrected chi connectivity index (χ2v) is 12.1. The van der Waals surface area contributed by atoms with E-state index in [1.54, 1.807) is 0 Å². The Morgan fingerprint density at radius 3 is 1.31 bits per heavy atom. The Hall–Kier alpha value is -1.00. The molecule has 0 amide bonds. The number of ether oxygens (including phenoxy) is 2. The predicted octanol–water partition coefficient (Wildman–Crippen LogP) is 7.84. The van der Waals surface area contributed by atoms with Crippen molar-refractivity contribution in [1.29, 1.82) is 0 Å². The maximum atomic E-state index is 14.1. The van der Waals surface area contributed by atoms with Crippen molar-refractivity contribution in [2.24, 2.45) is 0 Å². The van der Waals surface area contributed by atoms with Gasteiger partial charge in [0.2, 0.25) is 0 Å². The van der Waals surface area contributed by atoms with Gasteiger partial charge in [-0.2, -0.15) is 0 Å². The van der Waals surface area contributed by atoms with Gasteiger partial charge in [0, 0.05) is 97.7 Å². The summed E-state index contributed by atoms with van der Waals surface area (Å²) >= 11 is 0. The molecule has 1 rings (SSSR count). The first-order valence-electron chi connectivity index (χ1n) is 46.0. The third-order valence-electron chi connectivity index (χ3n) is 5.49. The molecule has 0 spiro atoms. The topological polar surface area (TPSA) is 256 Å². The summed E-state index contributed by atoms with van der Waals surface area (Å²) in [6, 6.07) is 0. The van der Waals surface area contributed by atoms with Gasteiger partial charge in [0.25, 0.3) is 0 Å². The summed E-state index contributed by atoms with van der Waals surface area (Å²) in [5, 5.41) is 41.9. The number of hydrogen-bond acceptors (Lipinski definition) is 13.